The van der Waals surface area contributed by atoms with Gasteiger partial charge in [0.25, 0.3) is 11.5 Å². The van der Waals surface area contributed by atoms with E-state index in [9.17, 15) is 22.4 Å². The van der Waals surface area contributed by atoms with Crippen LogP contribution in [0.15, 0.2) is 46.2 Å². The van der Waals surface area contributed by atoms with Crippen LogP contribution >= 0.6 is 0 Å². The molecule has 1 saturated carbocycles. The van der Waals surface area contributed by atoms with E-state index >= 15 is 0 Å². The highest BCUT2D eigenvalue weighted by molar-refractivity contribution is 7.92. The predicted molar refractivity (Wildman–Crippen MR) is 147 cm³/mol. The number of nitrogens with one attached hydrogen (secondary N) is 2. The van der Waals surface area contributed by atoms with Crippen molar-refractivity contribution in [2.75, 3.05) is 19.6 Å². The van der Waals surface area contributed by atoms with Gasteiger partial charge in [-0.2, -0.15) is 0 Å². The highest BCUT2D eigenvalue weighted by atomic mass is 32.2. The molecule has 1 aromatic heterocycles. The number of hydrogen-bond acceptors (Lipinski definition) is 5. The summed E-state index contributed by atoms with van der Waals surface area (Å²) in [5.41, 5.74) is 1.36. The van der Waals surface area contributed by atoms with E-state index in [1.165, 1.54) is 12.3 Å². The van der Waals surface area contributed by atoms with Crippen LogP contribution in [0.5, 0.6) is 0 Å². The number of sulfone groups is 1. The van der Waals surface area contributed by atoms with E-state index in [1.807, 2.05) is 6.92 Å². The van der Waals surface area contributed by atoms with Crippen molar-refractivity contribution in [3.63, 3.8) is 0 Å². The molecule has 0 spiro atoms. The molecule has 2 aromatic carbocycles. The standard InChI is InChI=1S/C29H34FN3O4S/c1-3-10-32-28(34)21-14-24(18(2)26(30)15-21)20-6-7-23-25(13-20)27(17-33(29(23)35)16-19-4-5-19)38(36,37)22-8-11-31-12-9-22/h6-7,13-15,17,19,22,31H,3-5,8-12,16H2,1-2H3,(H,32,34). The van der Waals surface area contributed by atoms with E-state index in [-0.39, 0.29) is 21.9 Å². The summed E-state index contributed by atoms with van der Waals surface area (Å²) in [6, 6.07) is 7.86. The second kappa shape index (κ2) is 10.6. The molecule has 1 amide bonds. The van der Waals surface area contributed by atoms with Crippen LogP contribution in [-0.4, -0.2) is 43.8 Å². The van der Waals surface area contributed by atoms with E-state index in [2.05, 4.69) is 10.6 Å². The highest BCUT2D eigenvalue weighted by Gasteiger charge is 2.32. The summed E-state index contributed by atoms with van der Waals surface area (Å²) in [7, 11) is -3.73. The molecule has 0 atom stereocenters. The Morgan fingerprint density at radius 2 is 1.84 bits per heavy atom. The number of carbonyl (C=O) groups is 1. The van der Waals surface area contributed by atoms with Crippen molar-refractivity contribution in [1.82, 2.24) is 15.2 Å². The fourth-order valence-corrected chi connectivity index (χ4v) is 7.17. The summed E-state index contributed by atoms with van der Waals surface area (Å²) in [5, 5.41) is 6.12. The summed E-state index contributed by atoms with van der Waals surface area (Å²) in [6.07, 6.45) is 5.35. The molecule has 2 aliphatic rings. The number of piperidine rings is 1. The molecule has 202 valence electrons. The van der Waals surface area contributed by atoms with E-state index in [0.717, 1.165) is 19.3 Å². The van der Waals surface area contributed by atoms with Gasteiger partial charge in [-0.15, -0.1) is 0 Å². The second-order valence-corrected chi connectivity index (χ2v) is 12.7. The van der Waals surface area contributed by atoms with Gasteiger partial charge < -0.3 is 15.2 Å². The van der Waals surface area contributed by atoms with E-state index < -0.39 is 20.9 Å². The minimum Gasteiger partial charge on any atom is -0.352 e. The van der Waals surface area contributed by atoms with Gasteiger partial charge in [0.1, 0.15) is 5.82 Å². The largest absolute Gasteiger partial charge is 0.352 e. The van der Waals surface area contributed by atoms with Crippen molar-refractivity contribution in [3.8, 4) is 11.1 Å². The summed E-state index contributed by atoms with van der Waals surface area (Å²) >= 11 is 0. The summed E-state index contributed by atoms with van der Waals surface area (Å²) in [5.74, 6) is -0.498. The van der Waals surface area contributed by atoms with Crippen LogP contribution in [0.3, 0.4) is 0 Å². The van der Waals surface area contributed by atoms with Crippen LogP contribution in [0.4, 0.5) is 4.39 Å². The van der Waals surface area contributed by atoms with Crippen LogP contribution in [0, 0.1) is 18.7 Å². The topological polar surface area (TPSA) is 97.3 Å². The number of amides is 1. The molecule has 5 rings (SSSR count). The molecule has 2 N–H and O–H groups in total. The van der Waals surface area contributed by atoms with Crippen molar-refractivity contribution in [2.24, 2.45) is 5.92 Å². The molecule has 3 aromatic rings. The summed E-state index contributed by atoms with van der Waals surface area (Å²) < 4.78 is 44.3. The van der Waals surface area contributed by atoms with E-state index in [4.69, 9.17) is 0 Å². The number of hydrogen-bond donors (Lipinski definition) is 2. The normalized spacial score (nSPS) is 16.6. The Balaban J connectivity index is 1.68. The Labute approximate surface area is 222 Å². The first kappa shape index (κ1) is 26.6. The first-order valence-electron chi connectivity index (χ1n) is 13.4. The number of aromatic nitrogens is 1. The zero-order valence-electron chi connectivity index (χ0n) is 21.8. The van der Waals surface area contributed by atoms with Crippen LogP contribution in [0.2, 0.25) is 0 Å². The minimum atomic E-state index is -3.73. The average molecular weight is 540 g/mol. The number of halogens is 1. The van der Waals surface area contributed by atoms with Crippen LogP contribution in [0.25, 0.3) is 21.9 Å². The molecule has 38 heavy (non-hydrogen) atoms. The molecule has 2 fully saturated rings. The molecule has 7 nitrogen and oxygen atoms in total. The Hall–Kier alpha value is -3.04. The van der Waals surface area contributed by atoms with Gasteiger partial charge in [-0.05, 0) is 99.0 Å². The van der Waals surface area contributed by atoms with Gasteiger partial charge >= 0.3 is 0 Å². The molecule has 1 aliphatic heterocycles. The average Bonchev–Trinajstić information content (AvgIpc) is 3.74. The van der Waals surface area contributed by atoms with Gasteiger partial charge in [-0.3, -0.25) is 9.59 Å². The molecule has 1 saturated heterocycles. The molecular weight excluding hydrogens is 505 g/mol. The first-order valence-corrected chi connectivity index (χ1v) is 15.0. The first-order chi connectivity index (χ1) is 18.2. The van der Waals surface area contributed by atoms with Crippen LogP contribution in [-0.2, 0) is 16.4 Å². The zero-order chi connectivity index (χ0) is 27.0. The second-order valence-electron chi connectivity index (χ2n) is 10.5. The van der Waals surface area contributed by atoms with Gasteiger partial charge in [0.05, 0.1) is 10.1 Å². The van der Waals surface area contributed by atoms with Crippen molar-refractivity contribution in [1.29, 1.82) is 0 Å². The zero-order valence-corrected chi connectivity index (χ0v) is 22.7. The van der Waals surface area contributed by atoms with Crippen molar-refractivity contribution in [3.05, 3.63) is 63.8 Å². The smallest absolute Gasteiger partial charge is 0.258 e. The minimum absolute atomic E-state index is 0.150. The summed E-state index contributed by atoms with van der Waals surface area (Å²) in [6.45, 7) is 5.79. The molecule has 0 radical (unpaired) electrons. The molecular formula is C29H34FN3O4S. The number of pyridine rings is 1. The Morgan fingerprint density at radius 3 is 2.53 bits per heavy atom. The lowest BCUT2D eigenvalue weighted by atomic mass is 9.95. The van der Waals surface area contributed by atoms with E-state index in [0.29, 0.717) is 72.4 Å². The lowest BCUT2D eigenvalue weighted by Crippen LogP contribution is -2.36. The van der Waals surface area contributed by atoms with Gasteiger partial charge in [0, 0.05) is 35.6 Å². The monoisotopic (exact) mass is 539 g/mol. The maximum Gasteiger partial charge on any atom is 0.258 e. The number of nitrogens with zero attached hydrogens (tertiary/aromatic N) is 1. The molecule has 1 aliphatic carbocycles. The SMILES string of the molecule is CCCNC(=O)c1cc(F)c(C)c(-c2ccc3c(=O)n(CC4CC4)cc(S(=O)(=O)C4CCNCC4)c3c2)c1. The van der Waals surface area contributed by atoms with Crippen molar-refractivity contribution >= 4 is 26.5 Å². The lowest BCUT2D eigenvalue weighted by molar-refractivity contribution is 0.0953. The number of fused-ring (bicyclic) bond motifs is 1. The lowest BCUT2D eigenvalue weighted by Gasteiger charge is -2.24. The molecule has 0 unspecified atom stereocenters. The van der Waals surface area contributed by atoms with Crippen molar-refractivity contribution < 1.29 is 17.6 Å². The third-order valence-electron chi connectivity index (χ3n) is 7.69. The Kier molecular flexibility index (Phi) is 7.42. The number of benzene rings is 2. The Morgan fingerprint density at radius 1 is 1.11 bits per heavy atom. The predicted octanol–water partition coefficient (Wildman–Crippen LogP) is 4.19. The molecule has 9 heteroatoms. The third-order valence-corrected chi connectivity index (χ3v) is 9.97. The fourth-order valence-electron chi connectivity index (χ4n) is 5.20. The number of rotatable bonds is 8. The highest BCUT2D eigenvalue weighted by Crippen LogP contribution is 2.35. The van der Waals surface area contributed by atoms with Crippen molar-refractivity contribution in [2.45, 2.75) is 62.6 Å². The molecule has 0 bridgehead atoms. The van der Waals surface area contributed by atoms with Crippen LogP contribution in [0.1, 0.15) is 54.9 Å². The Bertz CT molecular complexity index is 1550. The maximum atomic E-state index is 14.9. The fraction of sp³-hybridized carbons (Fsp3) is 0.448. The van der Waals surface area contributed by atoms with Gasteiger partial charge in [0.2, 0.25) is 0 Å². The summed E-state index contributed by atoms with van der Waals surface area (Å²) in [4.78, 5) is 26.1. The van der Waals surface area contributed by atoms with Crippen LogP contribution < -0.4 is 16.2 Å². The molecule has 2 heterocycles. The quantitative estimate of drug-likeness (QED) is 0.448. The van der Waals surface area contributed by atoms with Gasteiger partial charge in [-0.1, -0.05) is 13.0 Å². The van der Waals surface area contributed by atoms with E-state index in [1.54, 1.807) is 35.8 Å². The van der Waals surface area contributed by atoms with Gasteiger partial charge in [-0.25, -0.2) is 12.8 Å². The maximum absolute atomic E-state index is 14.9. The number of carbonyl (C=O) groups excluding carboxylic acids is 1. The third kappa shape index (κ3) is 5.14. The van der Waals surface area contributed by atoms with Gasteiger partial charge in [0.15, 0.2) is 9.84 Å².